The zero-order valence-electron chi connectivity index (χ0n) is 16.2. The molecule has 154 valence electrons. The lowest BCUT2D eigenvalue weighted by Crippen LogP contribution is -2.26. The topological polar surface area (TPSA) is 53.4 Å². The number of rotatable bonds is 7. The highest BCUT2D eigenvalue weighted by Crippen LogP contribution is 2.32. The first-order valence-electron chi connectivity index (χ1n) is 9.68. The van der Waals surface area contributed by atoms with Gasteiger partial charge in [0.15, 0.2) is 5.16 Å². The van der Waals surface area contributed by atoms with E-state index in [1.54, 1.807) is 35.6 Å². The minimum Gasteiger partial charge on any atom is -0.383 e. The number of aromatic nitrogens is 2. The first-order valence-corrected chi connectivity index (χ1v) is 11.5. The number of nitrogens with zero attached hydrogens (tertiary/aromatic N) is 2. The Morgan fingerprint density at radius 3 is 2.90 bits per heavy atom. The molecule has 0 amide bonds. The van der Waals surface area contributed by atoms with Crippen LogP contribution < -0.4 is 5.56 Å². The number of thioether (sulfide) groups is 1. The van der Waals surface area contributed by atoms with Gasteiger partial charge in [0.2, 0.25) is 0 Å². The molecule has 3 heterocycles. The summed E-state index contributed by atoms with van der Waals surface area (Å²) in [6, 6.07) is 6.20. The summed E-state index contributed by atoms with van der Waals surface area (Å²) in [6.45, 7) is 1.67. The highest BCUT2D eigenvalue weighted by atomic mass is 32.2. The van der Waals surface area contributed by atoms with Crippen molar-refractivity contribution in [2.75, 3.05) is 26.1 Å². The lowest BCUT2D eigenvalue weighted by atomic mass is 10.1. The van der Waals surface area contributed by atoms with Crippen molar-refractivity contribution in [2.45, 2.75) is 37.1 Å². The average molecular weight is 435 g/mol. The van der Waals surface area contributed by atoms with Crippen LogP contribution in [0.2, 0.25) is 0 Å². The molecule has 1 saturated heterocycles. The molecule has 29 heavy (non-hydrogen) atoms. The van der Waals surface area contributed by atoms with Gasteiger partial charge in [-0.15, -0.1) is 11.3 Å². The number of fused-ring (bicyclic) bond motifs is 1. The van der Waals surface area contributed by atoms with Gasteiger partial charge >= 0.3 is 0 Å². The van der Waals surface area contributed by atoms with E-state index in [2.05, 4.69) is 0 Å². The average Bonchev–Trinajstić information content (AvgIpc) is 3.17. The van der Waals surface area contributed by atoms with Crippen molar-refractivity contribution in [1.82, 2.24) is 9.55 Å². The van der Waals surface area contributed by atoms with E-state index in [0.717, 1.165) is 36.3 Å². The van der Waals surface area contributed by atoms with Crippen molar-refractivity contribution < 1.29 is 13.9 Å². The van der Waals surface area contributed by atoms with Crippen LogP contribution in [0.4, 0.5) is 4.39 Å². The minimum atomic E-state index is -0.299. The molecule has 0 N–H and O–H groups in total. The highest BCUT2D eigenvalue weighted by molar-refractivity contribution is 7.99. The van der Waals surface area contributed by atoms with Gasteiger partial charge in [-0.3, -0.25) is 9.36 Å². The van der Waals surface area contributed by atoms with Gasteiger partial charge in [-0.05, 0) is 37.0 Å². The molecule has 3 aromatic rings. The van der Waals surface area contributed by atoms with Crippen LogP contribution in [-0.2, 0) is 16.0 Å². The second kappa shape index (κ2) is 9.38. The van der Waals surface area contributed by atoms with Gasteiger partial charge < -0.3 is 9.47 Å². The van der Waals surface area contributed by atoms with Crippen molar-refractivity contribution in [3.63, 3.8) is 0 Å². The maximum absolute atomic E-state index is 13.4. The summed E-state index contributed by atoms with van der Waals surface area (Å²) < 4.78 is 26.0. The number of ether oxygens (including phenoxy) is 2. The van der Waals surface area contributed by atoms with Gasteiger partial charge in [0.1, 0.15) is 10.6 Å². The fraction of sp³-hybridized carbons (Fsp3) is 0.429. The molecule has 0 radical (unpaired) electrons. The van der Waals surface area contributed by atoms with Crippen LogP contribution in [0.5, 0.6) is 0 Å². The van der Waals surface area contributed by atoms with Crippen molar-refractivity contribution >= 4 is 33.3 Å². The van der Waals surface area contributed by atoms with Gasteiger partial charge in [0.05, 0.1) is 24.6 Å². The Hall–Kier alpha value is -1.74. The zero-order valence-corrected chi connectivity index (χ0v) is 17.9. The van der Waals surface area contributed by atoms with Crippen molar-refractivity contribution in [3.05, 3.63) is 45.8 Å². The standard InChI is InChI=1S/C21H23FN2O3S2/c1-26-11-9-24-20(25)18-17(14-5-7-15(22)8-6-14)13-28-19(18)23-21(24)29-12-16-4-2-3-10-27-16/h5-8,13,16H,2-4,9-12H2,1H3. The molecule has 4 rings (SSSR count). The maximum Gasteiger partial charge on any atom is 0.263 e. The van der Waals surface area contributed by atoms with Gasteiger partial charge in [-0.2, -0.15) is 0 Å². The zero-order chi connectivity index (χ0) is 20.2. The van der Waals surface area contributed by atoms with Gasteiger partial charge in [-0.1, -0.05) is 23.9 Å². The second-order valence-electron chi connectivity index (χ2n) is 6.98. The summed E-state index contributed by atoms with van der Waals surface area (Å²) in [6.07, 6.45) is 3.55. The molecule has 0 spiro atoms. The van der Waals surface area contributed by atoms with Crippen LogP contribution in [0, 0.1) is 5.82 Å². The quantitative estimate of drug-likeness (QED) is 0.403. The molecule has 1 aliphatic rings. The molecular weight excluding hydrogens is 411 g/mol. The van der Waals surface area contributed by atoms with Crippen LogP contribution in [0.25, 0.3) is 21.3 Å². The molecule has 1 aromatic carbocycles. The van der Waals surface area contributed by atoms with Crippen molar-refractivity contribution in [1.29, 1.82) is 0 Å². The fourth-order valence-electron chi connectivity index (χ4n) is 3.44. The number of benzene rings is 1. The van der Waals surface area contributed by atoms with Crippen LogP contribution in [-0.4, -0.2) is 41.7 Å². The normalized spacial score (nSPS) is 17.1. The molecule has 1 aliphatic heterocycles. The Morgan fingerprint density at radius 2 is 2.17 bits per heavy atom. The van der Waals surface area contributed by atoms with E-state index >= 15 is 0 Å². The molecule has 1 unspecified atom stereocenters. The molecule has 5 nitrogen and oxygen atoms in total. The van der Waals surface area contributed by atoms with E-state index < -0.39 is 0 Å². The van der Waals surface area contributed by atoms with Crippen molar-refractivity contribution in [3.8, 4) is 11.1 Å². The Balaban J connectivity index is 1.71. The van der Waals surface area contributed by atoms with Crippen LogP contribution in [0.1, 0.15) is 19.3 Å². The van der Waals surface area contributed by atoms with E-state index in [1.807, 2.05) is 5.38 Å². The Labute approximate surface area is 176 Å². The second-order valence-corrected chi connectivity index (χ2v) is 8.83. The number of thiophene rings is 1. The Morgan fingerprint density at radius 1 is 1.34 bits per heavy atom. The highest BCUT2D eigenvalue weighted by Gasteiger charge is 2.20. The molecule has 0 aliphatic carbocycles. The summed E-state index contributed by atoms with van der Waals surface area (Å²) in [5.41, 5.74) is 1.52. The number of methoxy groups -OCH3 is 1. The summed E-state index contributed by atoms with van der Waals surface area (Å²) >= 11 is 3.01. The van der Waals surface area contributed by atoms with Crippen LogP contribution in [0.3, 0.4) is 0 Å². The van der Waals surface area contributed by atoms with Crippen LogP contribution >= 0.6 is 23.1 Å². The summed E-state index contributed by atoms with van der Waals surface area (Å²) in [5, 5.41) is 3.20. The third-order valence-electron chi connectivity index (χ3n) is 5.01. The molecule has 0 saturated carbocycles. The number of hydrogen-bond donors (Lipinski definition) is 0. The first kappa shape index (κ1) is 20.5. The smallest absolute Gasteiger partial charge is 0.263 e. The monoisotopic (exact) mass is 434 g/mol. The summed E-state index contributed by atoms with van der Waals surface area (Å²) in [5.74, 6) is 0.480. The largest absolute Gasteiger partial charge is 0.383 e. The third kappa shape index (κ3) is 4.55. The van der Waals surface area contributed by atoms with E-state index in [9.17, 15) is 9.18 Å². The molecular formula is C21H23FN2O3S2. The molecule has 8 heteroatoms. The predicted molar refractivity (Wildman–Crippen MR) is 115 cm³/mol. The van der Waals surface area contributed by atoms with E-state index in [4.69, 9.17) is 14.5 Å². The molecule has 2 aromatic heterocycles. The third-order valence-corrected chi connectivity index (χ3v) is 6.99. The minimum absolute atomic E-state index is 0.0836. The summed E-state index contributed by atoms with van der Waals surface area (Å²) in [4.78, 5) is 18.9. The Bertz CT molecular complexity index is 1030. The van der Waals surface area contributed by atoms with E-state index in [0.29, 0.717) is 28.5 Å². The lowest BCUT2D eigenvalue weighted by Gasteiger charge is -2.22. The number of halogens is 1. The van der Waals surface area contributed by atoms with Gasteiger partial charge in [0, 0.05) is 30.4 Å². The predicted octanol–water partition coefficient (Wildman–Crippen LogP) is 4.57. The summed E-state index contributed by atoms with van der Waals surface area (Å²) in [7, 11) is 1.62. The maximum atomic E-state index is 13.4. The SMILES string of the molecule is COCCn1c(SCC2CCCCO2)nc2scc(-c3ccc(F)cc3)c2c1=O. The Kier molecular flexibility index (Phi) is 6.64. The lowest BCUT2D eigenvalue weighted by molar-refractivity contribution is 0.0315. The van der Waals surface area contributed by atoms with Gasteiger partial charge in [0.25, 0.3) is 5.56 Å². The molecule has 1 fully saturated rings. The number of hydrogen-bond acceptors (Lipinski definition) is 6. The van der Waals surface area contributed by atoms with Gasteiger partial charge in [-0.25, -0.2) is 9.37 Å². The van der Waals surface area contributed by atoms with Crippen LogP contribution in [0.15, 0.2) is 39.6 Å². The van der Waals surface area contributed by atoms with E-state index in [-0.39, 0.29) is 17.5 Å². The first-order chi connectivity index (χ1) is 14.2. The fourth-order valence-corrected chi connectivity index (χ4v) is 5.52. The molecule has 1 atom stereocenters. The molecule has 0 bridgehead atoms. The van der Waals surface area contributed by atoms with E-state index in [1.165, 1.54) is 29.9 Å². The van der Waals surface area contributed by atoms with Crippen molar-refractivity contribution in [2.24, 2.45) is 0 Å².